The van der Waals surface area contributed by atoms with Crippen molar-refractivity contribution in [3.8, 4) is 5.75 Å². The molecule has 2 aromatic rings. The first-order valence-corrected chi connectivity index (χ1v) is 5.86. The number of rotatable bonds is 4. The van der Waals surface area contributed by atoms with Gasteiger partial charge in [-0.1, -0.05) is 6.92 Å². The molecule has 1 unspecified atom stereocenters. The molecule has 3 nitrogen and oxygen atoms in total. The number of aromatic hydroxyl groups is 1. The van der Waals surface area contributed by atoms with Gasteiger partial charge in [-0.3, -0.25) is 4.98 Å². The molecule has 1 aromatic carbocycles. The topological polar surface area (TPSA) is 45.1 Å². The number of phenols is 1. The van der Waals surface area contributed by atoms with Crippen LogP contribution in [0.3, 0.4) is 0 Å². The predicted octanol–water partition coefficient (Wildman–Crippen LogP) is 3.49. The van der Waals surface area contributed by atoms with Crippen LogP contribution in [0.4, 0.5) is 10.1 Å². The Balaban J connectivity index is 2.14. The highest BCUT2D eigenvalue weighted by molar-refractivity contribution is 5.47. The monoisotopic (exact) mass is 246 g/mol. The fourth-order valence-corrected chi connectivity index (χ4v) is 1.74. The first kappa shape index (κ1) is 12.4. The van der Waals surface area contributed by atoms with Crippen LogP contribution in [0.1, 0.15) is 25.1 Å². The van der Waals surface area contributed by atoms with E-state index in [1.807, 2.05) is 6.92 Å². The average Bonchev–Trinajstić information content (AvgIpc) is 2.39. The van der Waals surface area contributed by atoms with Crippen molar-refractivity contribution in [2.75, 3.05) is 5.32 Å². The van der Waals surface area contributed by atoms with Gasteiger partial charge in [-0.25, -0.2) is 4.39 Å². The van der Waals surface area contributed by atoms with Crippen LogP contribution in [0.15, 0.2) is 42.6 Å². The summed E-state index contributed by atoms with van der Waals surface area (Å²) in [7, 11) is 0. The molecule has 0 aliphatic carbocycles. The number of nitrogens with zero attached hydrogens (tertiary/aromatic N) is 1. The SMILES string of the molecule is CCC(Nc1ccc(O)cc1)c1ccc(F)cn1. The minimum absolute atomic E-state index is 0.0233. The van der Waals surface area contributed by atoms with Gasteiger partial charge in [0.25, 0.3) is 0 Å². The van der Waals surface area contributed by atoms with Crippen LogP contribution in [0, 0.1) is 5.82 Å². The number of benzene rings is 1. The van der Waals surface area contributed by atoms with Crippen molar-refractivity contribution in [2.24, 2.45) is 0 Å². The van der Waals surface area contributed by atoms with Crippen molar-refractivity contribution in [3.63, 3.8) is 0 Å². The summed E-state index contributed by atoms with van der Waals surface area (Å²) in [5.41, 5.74) is 1.69. The van der Waals surface area contributed by atoms with Crippen LogP contribution in [-0.2, 0) is 0 Å². The van der Waals surface area contributed by atoms with Crippen LogP contribution in [-0.4, -0.2) is 10.1 Å². The number of pyridine rings is 1. The average molecular weight is 246 g/mol. The van der Waals surface area contributed by atoms with Gasteiger partial charge < -0.3 is 10.4 Å². The second-order valence-corrected chi connectivity index (χ2v) is 4.05. The second kappa shape index (κ2) is 5.49. The van der Waals surface area contributed by atoms with E-state index in [1.54, 1.807) is 30.3 Å². The molecule has 1 aromatic heterocycles. The summed E-state index contributed by atoms with van der Waals surface area (Å²) in [4.78, 5) is 4.08. The minimum atomic E-state index is -0.335. The molecule has 0 bridgehead atoms. The molecule has 1 heterocycles. The van der Waals surface area contributed by atoms with Crippen LogP contribution in [0.2, 0.25) is 0 Å². The van der Waals surface area contributed by atoms with Crippen molar-refractivity contribution >= 4 is 5.69 Å². The lowest BCUT2D eigenvalue weighted by Gasteiger charge is -2.17. The first-order valence-electron chi connectivity index (χ1n) is 5.86. The Hall–Kier alpha value is -2.10. The standard InChI is InChI=1S/C14H15FN2O/c1-2-13(14-8-3-10(15)9-16-14)17-11-4-6-12(18)7-5-11/h3-9,13,17-18H,2H2,1H3. The van der Waals surface area contributed by atoms with Crippen molar-refractivity contribution < 1.29 is 9.50 Å². The van der Waals surface area contributed by atoms with E-state index in [-0.39, 0.29) is 17.6 Å². The van der Waals surface area contributed by atoms with E-state index in [0.717, 1.165) is 17.8 Å². The van der Waals surface area contributed by atoms with Gasteiger partial charge in [0, 0.05) is 5.69 Å². The summed E-state index contributed by atoms with van der Waals surface area (Å²) in [5.74, 6) is -0.105. The highest BCUT2D eigenvalue weighted by Crippen LogP contribution is 2.22. The van der Waals surface area contributed by atoms with Gasteiger partial charge in [0.1, 0.15) is 11.6 Å². The maximum absolute atomic E-state index is 12.8. The molecule has 18 heavy (non-hydrogen) atoms. The highest BCUT2D eigenvalue weighted by atomic mass is 19.1. The Morgan fingerprint density at radius 1 is 1.22 bits per heavy atom. The van der Waals surface area contributed by atoms with Gasteiger partial charge in [0.2, 0.25) is 0 Å². The molecule has 2 N–H and O–H groups in total. The molecule has 94 valence electrons. The molecule has 0 radical (unpaired) electrons. The fourth-order valence-electron chi connectivity index (χ4n) is 1.74. The van der Waals surface area contributed by atoms with Crippen LogP contribution in [0.5, 0.6) is 5.75 Å². The lowest BCUT2D eigenvalue weighted by Crippen LogP contribution is -2.11. The number of nitrogens with one attached hydrogen (secondary N) is 1. The number of aromatic nitrogens is 1. The maximum atomic E-state index is 12.8. The molecular formula is C14H15FN2O. The van der Waals surface area contributed by atoms with Gasteiger partial charge in [-0.05, 0) is 42.8 Å². The molecule has 0 amide bonds. The van der Waals surface area contributed by atoms with E-state index in [1.165, 1.54) is 12.3 Å². The zero-order valence-corrected chi connectivity index (χ0v) is 10.1. The summed E-state index contributed by atoms with van der Waals surface area (Å²) in [5, 5.41) is 12.5. The van der Waals surface area contributed by atoms with Crippen molar-refractivity contribution in [2.45, 2.75) is 19.4 Å². The smallest absolute Gasteiger partial charge is 0.141 e. The summed E-state index contributed by atoms with van der Waals surface area (Å²) >= 11 is 0. The number of hydrogen-bond acceptors (Lipinski definition) is 3. The number of halogens is 1. The largest absolute Gasteiger partial charge is 0.508 e. The Bertz CT molecular complexity index is 496. The number of hydrogen-bond donors (Lipinski definition) is 2. The second-order valence-electron chi connectivity index (χ2n) is 4.05. The molecular weight excluding hydrogens is 231 g/mol. The zero-order valence-electron chi connectivity index (χ0n) is 10.1. The third-order valence-electron chi connectivity index (χ3n) is 2.72. The van der Waals surface area contributed by atoms with Crippen molar-refractivity contribution in [3.05, 3.63) is 54.1 Å². The third-order valence-corrected chi connectivity index (χ3v) is 2.72. The number of phenolic OH excluding ortho intramolecular Hbond substituents is 1. The molecule has 0 fully saturated rings. The Kier molecular flexibility index (Phi) is 3.77. The van der Waals surface area contributed by atoms with Crippen LogP contribution in [0.25, 0.3) is 0 Å². The summed E-state index contributed by atoms with van der Waals surface area (Å²) < 4.78 is 12.8. The van der Waals surface area contributed by atoms with Gasteiger partial charge >= 0.3 is 0 Å². The maximum Gasteiger partial charge on any atom is 0.141 e. The molecule has 0 aliphatic heterocycles. The summed E-state index contributed by atoms with van der Waals surface area (Å²) in [6, 6.07) is 9.93. The van der Waals surface area contributed by atoms with Crippen molar-refractivity contribution in [1.82, 2.24) is 4.98 Å². The van der Waals surface area contributed by atoms with E-state index in [0.29, 0.717) is 0 Å². The van der Waals surface area contributed by atoms with Crippen LogP contribution < -0.4 is 5.32 Å². The quantitative estimate of drug-likeness (QED) is 0.812. The molecule has 0 spiro atoms. The lowest BCUT2D eigenvalue weighted by molar-refractivity contribution is 0.475. The molecule has 0 saturated carbocycles. The van der Waals surface area contributed by atoms with Crippen molar-refractivity contribution in [1.29, 1.82) is 0 Å². The third kappa shape index (κ3) is 2.97. The van der Waals surface area contributed by atoms with Gasteiger partial charge in [-0.2, -0.15) is 0 Å². The van der Waals surface area contributed by atoms with E-state index in [2.05, 4.69) is 10.3 Å². The molecule has 4 heteroatoms. The lowest BCUT2D eigenvalue weighted by atomic mass is 10.1. The van der Waals surface area contributed by atoms with E-state index >= 15 is 0 Å². The molecule has 0 aliphatic rings. The molecule has 0 saturated heterocycles. The normalized spacial score (nSPS) is 12.1. The molecule has 2 rings (SSSR count). The summed E-state index contributed by atoms with van der Waals surface area (Å²) in [6.45, 7) is 2.03. The Morgan fingerprint density at radius 2 is 1.94 bits per heavy atom. The highest BCUT2D eigenvalue weighted by Gasteiger charge is 2.10. The van der Waals surface area contributed by atoms with E-state index in [4.69, 9.17) is 0 Å². The van der Waals surface area contributed by atoms with Crippen LogP contribution >= 0.6 is 0 Å². The fraction of sp³-hybridized carbons (Fsp3) is 0.214. The van der Waals surface area contributed by atoms with Gasteiger partial charge in [-0.15, -0.1) is 0 Å². The van der Waals surface area contributed by atoms with Gasteiger partial charge in [0.15, 0.2) is 0 Å². The van der Waals surface area contributed by atoms with Gasteiger partial charge in [0.05, 0.1) is 17.9 Å². The summed E-state index contributed by atoms with van der Waals surface area (Å²) in [6.07, 6.45) is 2.05. The van der Waals surface area contributed by atoms with E-state index in [9.17, 15) is 9.50 Å². The zero-order chi connectivity index (χ0) is 13.0. The first-order chi connectivity index (χ1) is 8.69. The minimum Gasteiger partial charge on any atom is -0.508 e. The number of anilines is 1. The Labute approximate surface area is 105 Å². The Morgan fingerprint density at radius 3 is 2.50 bits per heavy atom. The molecule has 1 atom stereocenters. The van der Waals surface area contributed by atoms with E-state index < -0.39 is 0 Å². The predicted molar refractivity (Wildman–Crippen MR) is 69.0 cm³/mol.